The molecule has 0 aromatic heterocycles. The fourth-order valence-corrected chi connectivity index (χ4v) is 6.01. The minimum atomic E-state index is -3.85. The van der Waals surface area contributed by atoms with Crippen LogP contribution in [0.5, 0.6) is 0 Å². The number of carbonyl (C=O) groups is 1. The van der Waals surface area contributed by atoms with Gasteiger partial charge in [0.25, 0.3) is 0 Å². The van der Waals surface area contributed by atoms with E-state index in [4.69, 9.17) is 11.6 Å². The van der Waals surface area contributed by atoms with Crippen molar-refractivity contribution >= 4 is 43.2 Å². The molecule has 0 bridgehead atoms. The maximum absolute atomic E-state index is 12.7. The molecule has 1 heterocycles. The van der Waals surface area contributed by atoms with Crippen molar-refractivity contribution in [3.8, 4) is 0 Å². The Morgan fingerprint density at radius 1 is 0.935 bits per heavy atom. The summed E-state index contributed by atoms with van der Waals surface area (Å²) in [5.41, 5.74) is 0.375. The van der Waals surface area contributed by atoms with Crippen molar-refractivity contribution in [2.45, 2.75) is 29.1 Å². The Morgan fingerprint density at radius 3 is 2.06 bits per heavy atom. The zero-order chi connectivity index (χ0) is 22.6. The summed E-state index contributed by atoms with van der Waals surface area (Å²) < 4.78 is 52.9. The molecule has 31 heavy (non-hydrogen) atoms. The zero-order valence-corrected chi connectivity index (χ0v) is 19.4. The average Bonchev–Trinajstić information content (AvgIpc) is 2.75. The minimum absolute atomic E-state index is 0.0273. The normalized spacial score (nSPS) is 15.7. The van der Waals surface area contributed by atoms with Crippen molar-refractivity contribution in [2.75, 3.05) is 32.0 Å². The Balaban J connectivity index is 1.63. The van der Waals surface area contributed by atoms with Gasteiger partial charge in [0.2, 0.25) is 26.0 Å². The third kappa shape index (κ3) is 5.64. The van der Waals surface area contributed by atoms with Crippen molar-refractivity contribution in [3.05, 3.63) is 53.6 Å². The molecule has 0 spiro atoms. The highest BCUT2D eigenvalue weighted by Gasteiger charge is 2.26. The van der Waals surface area contributed by atoms with E-state index < -0.39 is 32.5 Å². The van der Waals surface area contributed by atoms with Crippen LogP contribution in [0, 0.1) is 0 Å². The van der Waals surface area contributed by atoms with E-state index in [0.717, 1.165) is 23.6 Å². The van der Waals surface area contributed by atoms with E-state index in [1.54, 1.807) is 0 Å². The molecule has 1 aliphatic heterocycles. The first kappa shape index (κ1) is 23.7. The number of rotatable bonds is 7. The first-order chi connectivity index (χ1) is 14.6. The Morgan fingerprint density at radius 2 is 1.48 bits per heavy atom. The molecular weight excluding hydrogens is 462 g/mol. The highest BCUT2D eigenvalue weighted by molar-refractivity contribution is 7.89. The number of anilines is 1. The van der Waals surface area contributed by atoms with E-state index in [0.29, 0.717) is 23.8 Å². The van der Waals surface area contributed by atoms with Crippen LogP contribution in [0.2, 0.25) is 5.02 Å². The van der Waals surface area contributed by atoms with E-state index in [1.165, 1.54) is 59.9 Å². The second-order valence-corrected chi connectivity index (χ2v) is 11.7. The van der Waals surface area contributed by atoms with Gasteiger partial charge in [-0.3, -0.25) is 4.79 Å². The van der Waals surface area contributed by atoms with Gasteiger partial charge in [-0.1, -0.05) is 18.0 Å². The van der Waals surface area contributed by atoms with Crippen LogP contribution in [0.1, 0.15) is 19.3 Å². The van der Waals surface area contributed by atoms with Crippen LogP contribution < -0.4 is 5.32 Å². The van der Waals surface area contributed by atoms with Crippen molar-refractivity contribution in [1.29, 1.82) is 0 Å². The molecule has 1 N–H and O–H groups in total. The topological polar surface area (TPSA) is 104 Å². The summed E-state index contributed by atoms with van der Waals surface area (Å²) in [6, 6.07) is 11.5. The first-order valence-corrected chi connectivity index (χ1v) is 13.0. The number of benzene rings is 2. The lowest BCUT2D eigenvalue weighted by Gasteiger charge is -2.25. The SMILES string of the molecule is CN(CC(=O)Nc1ccc(S(=O)(=O)N2CCCCC2)cc1)S(=O)(=O)c1ccc(Cl)cc1. The van der Waals surface area contributed by atoms with Crippen molar-refractivity contribution < 1.29 is 21.6 Å². The number of hydrogen-bond acceptors (Lipinski definition) is 5. The molecule has 2 aromatic rings. The Bertz CT molecular complexity index is 1130. The summed E-state index contributed by atoms with van der Waals surface area (Å²) >= 11 is 5.79. The molecule has 1 saturated heterocycles. The fraction of sp³-hybridized carbons (Fsp3) is 0.350. The van der Waals surface area contributed by atoms with Crippen LogP contribution in [-0.4, -0.2) is 58.0 Å². The third-order valence-corrected chi connectivity index (χ3v) is 8.96. The predicted molar refractivity (Wildman–Crippen MR) is 119 cm³/mol. The molecule has 0 aliphatic carbocycles. The van der Waals surface area contributed by atoms with Gasteiger partial charge in [-0.05, 0) is 61.4 Å². The van der Waals surface area contributed by atoms with Gasteiger partial charge in [-0.15, -0.1) is 0 Å². The molecule has 2 aromatic carbocycles. The molecule has 3 rings (SSSR count). The van der Waals surface area contributed by atoms with Gasteiger partial charge in [-0.25, -0.2) is 16.8 Å². The van der Waals surface area contributed by atoms with Crippen LogP contribution in [0.15, 0.2) is 58.3 Å². The molecule has 11 heteroatoms. The van der Waals surface area contributed by atoms with Crippen LogP contribution in [0.3, 0.4) is 0 Å². The molecule has 0 saturated carbocycles. The summed E-state index contributed by atoms with van der Waals surface area (Å²) in [5, 5.41) is 3.00. The number of halogens is 1. The van der Waals surface area contributed by atoms with E-state index >= 15 is 0 Å². The molecule has 0 radical (unpaired) electrons. The smallest absolute Gasteiger partial charge is 0.243 e. The van der Waals surface area contributed by atoms with Crippen LogP contribution in [-0.2, 0) is 24.8 Å². The summed E-state index contributed by atoms with van der Waals surface area (Å²) in [4.78, 5) is 12.5. The first-order valence-electron chi connectivity index (χ1n) is 9.73. The second kappa shape index (κ2) is 9.66. The van der Waals surface area contributed by atoms with Gasteiger partial charge in [0, 0.05) is 30.8 Å². The van der Waals surface area contributed by atoms with Crippen molar-refractivity contribution in [2.24, 2.45) is 0 Å². The van der Waals surface area contributed by atoms with E-state index in [2.05, 4.69) is 5.32 Å². The Labute approximate surface area is 187 Å². The summed E-state index contributed by atoms with van der Waals surface area (Å²) in [6.07, 6.45) is 2.72. The largest absolute Gasteiger partial charge is 0.325 e. The molecule has 8 nitrogen and oxygen atoms in total. The van der Waals surface area contributed by atoms with Gasteiger partial charge in [0.1, 0.15) is 0 Å². The number of carbonyl (C=O) groups excluding carboxylic acids is 1. The van der Waals surface area contributed by atoms with Crippen molar-refractivity contribution in [3.63, 3.8) is 0 Å². The predicted octanol–water partition coefficient (Wildman–Crippen LogP) is 2.77. The quantitative estimate of drug-likeness (QED) is 0.649. The lowest BCUT2D eigenvalue weighted by molar-refractivity contribution is -0.116. The molecule has 1 aliphatic rings. The lowest BCUT2D eigenvalue weighted by Crippen LogP contribution is -2.35. The highest BCUT2D eigenvalue weighted by atomic mass is 35.5. The van der Waals surface area contributed by atoms with E-state index in [9.17, 15) is 21.6 Å². The number of likely N-dealkylation sites (N-methyl/N-ethyl adjacent to an activating group) is 1. The Hall–Kier alpha value is -1.98. The molecule has 168 valence electrons. The van der Waals surface area contributed by atoms with Gasteiger partial charge in [-0.2, -0.15) is 8.61 Å². The zero-order valence-electron chi connectivity index (χ0n) is 17.0. The Kier molecular flexibility index (Phi) is 7.38. The maximum Gasteiger partial charge on any atom is 0.243 e. The number of hydrogen-bond donors (Lipinski definition) is 1. The number of nitrogens with one attached hydrogen (secondary N) is 1. The monoisotopic (exact) mass is 485 g/mol. The van der Waals surface area contributed by atoms with Gasteiger partial charge >= 0.3 is 0 Å². The number of sulfonamides is 2. The summed E-state index contributed by atoms with van der Waals surface area (Å²) in [5.74, 6) is -0.549. The lowest BCUT2D eigenvalue weighted by atomic mass is 10.2. The minimum Gasteiger partial charge on any atom is -0.325 e. The second-order valence-electron chi connectivity index (χ2n) is 7.25. The number of amides is 1. The highest BCUT2D eigenvalue weighted by Crippen LogP contribution is 2.22. The molecule has 0 unspecified atom stereocenters. The standard InChI is InChI=1S/C20H24ClN3O5S2/c1-23(30(26,27)18-9-5-16(21)6-10-18)15-20(25)22-17-7-11-19(12-8-17)31(28,29)24-13-3-2-4-14-24/h5-12H,2-4,13-15H2,1H3,(H,22,25). The molecule has 0 atom stereocenters. The van der Waals surface area contributed by atoms with Gasteiger partial charge in [0.05, 0.1) is 16.3 Å². The van der Waals surface area contributed by atoms with E-state index in [1.807, 2.05) is 0 Å². The van der Waals surface area contributed by atoms with Gasteiger partial charge in [0.15, 0.2) is 0 Å². The molecule has 1 fully saturated rings. The van der Waals surface area contributed by atoms with Gasteiger partial charge < -0.3 is 5.32 Å². The molecular formula is C20H24ClN3O5S2. The van der Waals surface area contributed by atoms with Crippen molar-refractivity contribution in [1.82, 2.24) is 8.61 Å². The van der Waals surface area contributed by atoms with Crippen LogP contribution in [0.25, 0.3) is 0 Å². The molecule has 1 amide bonds. The fourth-order valence-electron chi connectivity index (χ4n) is 3.24. The van der Waals surface area contributed by atoms with E-state index in [-0.39, 0.29) is 9.79 Å². The number of nitrogens with zero attached hydrogens (tertiary/aromatic N) is 2. The average molecular weight is 486 g/mol. The van der Waals surface area contributed by atoms with Crippen LogP contribution >= 0.6 is 11.6 Å². The number of piperidine rings is 1. The summed E-state index contributed by atoms with van der Waals surface area (Å²) in [7, 11) is -6.10. The van der Waals surface area contributed by atoms with Crippen LogP contribution in [0.4, 0.5) is 5.69 Å². The maximum atomic E-state index is 12.7. The summed E-state index contributed by atoms with van der Waals surface area (Å²) in [6.45, 7) is 0.614. The third-order valence-electron chi connectivity index (χ3n) is 4.98.